The van der Waals surface area contributed by atoms with Crippen LogP contribution in [0, 0.1) is 0 Å². The number of benzene rings is 2. The molecule has 0 bridgehead atoms. The van der Waals surface area contributed by atoms with E-state index >= 15 is 0 Å². The van der Waals surface area contributed by atoms with Crippen molar-refractivity contribution in [2.24, 2.45) is 0 Å². The number of carbonyl (C=O) groups excluding carboxylic acids is 2. The molecule has 28 heavy (non-hydrogen) atoms. The van der Waals surface area contributed by atoms with E-state index in [1.807, 2.05) is 54.7 Å². The Kier molecular flexibility index (Phi) is 4.83. The Morgan fingerprint density at radius 1 is 1.18 bits per heavy atom. The van der Waals surface area contributed by atoms with Gasteiger partial charge in [0.05, 0.1) is 5.69 Å². The molecule has 4 rings (SSSR count). The molecule has 0 saturated carbocycles. The van der Waals surface area contributed by atoms with Crippen molar-refractivity contribution >= 4 is 39.7 Å². The molecule has 0 fully saturated rings. The standard InChI is InChI=1S/C21H20N4O2S/c1-25(2)16-5-3-4-15(11-16)20(27)24-21-23-18(12-28-21)14-6-8-17-13(10-14)7-9-19(26)22-17/h3-6,8,10-12H,7,9H2,1-2H3,(H,22,26)(H,23,24,27). The van der Waals surface area contributed by atoms with Gasteiger partial charge in [-0.25, -0.2) is 4.98 Å². The van der Waals surface area contributed by atoms with Crippen molar-refractivity contribution in [3.63, 3.8) is 0 Å². The van der Waals surface area contributed by atoms with Crippen molar-refractivity contribution < 1.29 is 9.59 Å². The number of rotatable bonds is 4. The van der Waals surface area contributed by atoms with Crippen LogP contribution in [0.2, 0.25) is 0 Å². The second-order valence-electron chi connectivity index (χ2n) is 6.86. The fraction of sp³-hybridized carbons (Fsp3) is 0.190. The second-order valence-corrected chi connectivity index (χ2v) is 7.71. The van der Waals surface area contributed by atoms with Crippen LogP contribution in [0.15, 0.2) is 47.8 Å². The fourth-order valence-electron chi connectivity index (χ4n) is 3.10. The maximum absolute atomic E-state index is 12.6. The molecule has 0 atom stereocenters. The number of aromatic nitrogens is 1. The molecule has 7 heteroatoms. The summed E-state index contributed by atoms with van der Waals surface area (Å²) in [6.45, 7) is 0. The van der Waals surface area contributed by atoms with Gasteiger partial charge in [0, 0.05) is 48.4 Å². The number of aryl methyl sites for hydroxylation is 1. The highest BCUT2D eigenvalue weighted by atomic mass is 32.1. The number of nitrogens with zero attached hydrogens (tertiary/aromatic N) is 2. The number of anilines is 3. The summed E-state index contributed by atoms with van der Waals surface area (Å²) in [7, 11) is 3.88. The highest BCUT2D eigenvalue weighted by molar-refractivity contribution is 7.14. The number of thiazole rings is 1. The zero-order valence-corrected chi connectivity index (χ0v) is 16.5. The molecule has 2 amide bonds. The van der Waals surface area contributed by atoms with E-state index in [1.165, 1.54) is 11.3 Å². The number of fused-ring (bicyclic) bond motifs is 1. The average molecular weight is 392 g/mol. The molecule has 1 aliphatic heterocycles. The van der Waals surface area contributed by atoms with Crippen LogP contribution in [-0.4, -0.2) is 30.9 Å². The molecule has 0 spiro atoms. The summed E-state index contributed by atoms with van der Waals surface area (Å²) in [5.41, 5.74) is 5.31. The van der Waals surface area contributed by atoms with Crippen molar-refractivity contribution in [2.75, 3.05) is 29.6 Å². The van der Waals surface area contributed by atoms with Crippen molar-refractivity contribution in [3.05, 3.63) is 59.0 Å². The molecule has 3 aromatic rings. The number of amides is 2. The van der Waals surface area contributed by atoms with Gasteiger partial charge in [-0.2, -0.15) is 0 Å². The third kappa shape index (κ3) is 3.75. The molecule has 142 valence electrons. The Labute approximate surface area is 167 Å². The van der Waals surface area contributed by atoms with Crippen LogP contribution in [0.3, 0.4) is 0 Å². The first kappa shape index (κ1) is 18.2. The summed E-state index contributed by atoms with van der Waals surface area (Å²) in [5, 5.41) is 8.24. The lowest BCUT2D eigenvalue weighted by Crippen LogP contribution is -2.18. The molecule has 0 saturated heterocycles. The fourth-order valence-corrected chi connectivity index (χ4v) is 3.82. The lowest BCUT2D eigenvalue weighted by Gasteiger charge is -2.17. The van der Waals surface area contributed by atoms with Gasteiger partial charge >= 0.3 is 0 Å². The van der Waals surface area contributed by atoms with Gasteiger partial charge in [-0.15, -0.1) is 11.3 Å². The van der Waals surface area contributed by atoms with Gasteiger partial charge in [-0.3, -0.25) is 14.9 Å². The van der Waals surface area contributed by atoms with Gasteiger partial charge in [0.15, 0.2) is 5.13 Å². The van der Waals surface area contributed by atoms with E-state index in [4.69, 9.17) is 0 Å². The summed E-state index contributed by atoms with van der Waals surface area (Å²) < 4.78 is 0. The first-order valence-corrected chi connectivity index (χ1v) is 9.85. The first-order chi connectivity index (χ1) is 13.5. The summed E-state index contributed by atoms with van der Waals surface area (Å²) in [5.74, 6) is -0.130. The van der Waals surface area contributed by atoms with E-state index < -0.39 is 0 Å². The number of nitrogens with one attached hydrogen (secondary N) is 2. The minimum atomic E-state index is -0.183. The predicted octanol–water partition coefficient (Wildman–Crippen LogP) is 4.01. The van der Waals surface area contributed by atoms with E-state index in [-0.39, 0.29) is 11.8 Å². The van der Waals surface area contributed by atoms with Crippen molar-refractivity contribution in [2.45, 2.75) is 12.8 Å². The third-order valence-electron chi connectivity index (χ3n) is 4.65. The van der Waals surface area contributed by atoms with Crippen LogP contribution in [-0.2, 0) is 11.2 Å². The maximum atomic E-state index is 12.6. The SMILES string of the molecule is CN(C)c1cccc(C(=O)Nc2nc(-c3ccc4c(c3)CCC(=O)N4)cs2)c1. The van der Waals surface area contributed by atoms with E-state index in [0.717, 1.165) is 34.6 Å². The molecular weight excluding hydrogens is 372 g/mol. The smallest absolute Gasteiger partial charge is 0.257 e. The lowest BCUT2D eigenvalue weighted by molar-refractivity contribution is -0.116. The van der Waals surface area contributed by atoms with E-state index in [2.05, 4.69) is 21.7 Å². The van der Waals surface area contributed by atoms with Gasteiger partial charge in [0.25, 0.3) is 5.91 Å². The quantitative estimate of drug-likeness (QED) is 0.703. The average Bonchev–Trinajstić information content (AvgIpc) is 3.16. The maximum Gasteiger partial charge on any atom is 0.257 e. The van der Waals surface area contributed by atoms with Crippen LogP contribution < -0.4 is 15.5 Å². The molecule has 1 aliphatic rings. The number of carbonyl (C=O) groups is 2. The van der Waals surface area contributed by atoms with Gasteiger partial charge in [0.2, 0.25) is 5.91 Å². The third-order valence-corrected chi connectivity index (χ3v) is 5.40. The largest absolute Gasteiger partial charge is 0.378 e. The van der Waals surface area contributed by atoms with Crippen LogP contribution >= 0.6 is 11.3 Å². The zero-order chi connectivity index (χ0) is 19.7. The van der Waals surface area contributed by atoms with Gasteiger partial charge in [-0.05, 0) is 42.3 Å². The molecule has 2 heterocycles. The highest BCUT2D eigenvalue weighted by Crippen LogP contribution is 2.30. The van der Waals surface area contributed by atoms with Crippen LogP contribution in [0.1, 0.15) is 22.3 Å². The summed E-state index contributed by atoms with van der Waals surface area (Å²) in [6, 6.07) is 13.4. The summed E-state index contributed by atoms with van der Waals surface area (Å²) in [4.78, 5) is 30.6. The monoisotopic (exact) mass is 392 g/mol. The van der Waals surface area contributed by atoms with E-state index in [9.17, 15) is 9.59 Å². The normalized spacial score (nSPS) is 12.9. The molecule has 2 aromatic carbocycles. The molecule has 6 nitrogen and oxygen atoms in total. The summed E-state index contributed by atoms with van der Waals surface area (Å²) in [6.07, 6.45) is 1.23. The van der Waals surface area contributed by atoms with Gasteiger partial charge in [0.1, 0.15) is 0 Å². The minimum absolute atomic E-state index is 0.0530. The lowest BCUT2D eigenvalue weighted by atomic mass is 9.99. The van der Waals surface area contributed by atoms with Crippen molar-refractivity contribution in [1.29, 1.82) is 0 Å². The Hall–Kier alpha value is -3.19. The summed E-state index contributed by atoms with van der Waals surface area (Å²) >= 11 is 1.39. The molecule has 0 unspecified atom stereocenters. The molecule has 0 radical (unpaired) electrons. The van der Waals surface area contributed by atoms with Crippen LogP contribution in [0.25, 0.3) is 11.3 Å². The Morgan fingerprint density at radius 3 is 2.86 bits per heavy atom. The highest BCUT2D eigenvalue weighted by Gasteiger charge is 2.16. The van der Waals surface area contributed by atoms with Crippen LogP contribution in [0.4, 0.5) is 16.5 Å². The predicted molar refractivity (Wildman–Crippen MR) is 113 cm³/mol. The molecular formula is C21H20N4O2S. The van der Waals surface area contributed by atoms with Gasteiger partial charge in [-0.1, -0.05) is 12.1 Å². The number of hydrogen-bond acceptors (Lipinski definition) is 5. The second kappa shape index (κ2) is 7.44. The Bertz CT molecular complexity index is 1060. The minimum Gasteiger partial charge on any atom is -0.378 e. The molecule has 1 aromatic heterocycles. The molecule has 2 N–H and O–H groups in total. The van der Waals surface area contributed by atoms with Crippen molar-refractivity contribution in [3.8, 4) is 11.3 Å². The number of hydrogen-bond donors (Lipinski definition) is 2. The Balaban J connectivity index is 1.51. The van der Waals surface area contributed by atoms with E-state index in [1.54, 1.807) is 6.07 Å². The van der Waals surface area contributed by atoms with Crippen molar-refractivity contribution in [1.82, 2.24) is 4.98 Å². The first-order valence-electron chi connectivity index (χ1n) is 8.97. The molecule has 0 aliphatic carbocycles. The van der Waals surface area contributed by atoms with Gasteiger partial charge < -0.3 is 10.2 Å². The Morgan fingerprint density at radius 2 is 2.04 bits per heavy atom. The zero-order valence-electron chi connectivity index (χ0n) is 15.7. The van der Waals surface area contributed by atoms with Crippen LogP contribution in [0.5, 0.6) is 0 Å². The van der Waals surface area contributed by atoms with E-state index in [0.29, 0.717) is 17.1 Å². The topological polar surface area (TPSA) is 74.3 Å².